The first kappa shape index (κ1) is 13.8. The Morgan fingerprint density at radius 3 is 2.36 bits per heavy atom. The van der Waals surface area contributed by atoms with Crippen LogP contribution >= 0.6 is 0 Å². The molecule has 1 spiro atoms. The number of piperidine rings is 1. The second-order valence-electron chi connectivity index (χ2n) is 7.09. The third-order valence-corrected chi connectivity index (χ3v) is 6.08. The molecule has 2 heterocycles. The van der Waals surface area contributed by atoms with E-state index in [9.17, 15) is 14.7 Å². The summed E-state index contributed by atoms with van der Waals surface area (Å²) >= 11 is 0. The number of aliphatic carboxylic acids is 1. The van der Waals surface area contributed by atoms with E-state index in [1.807, 2.05) is 4.90 Å². The van der Waals surface area contributed by atoms with E-state index in [1.165, 1.54) is 19.3 Å². The zero-order chi connectivity index (χ0) is 15.4. The number of hydrogen-bond acceptors (Lipinski definition) is 3. The van der Waals surface area contributed by atoms with E-state index in [0.29, 0.717) is 31.3 Å². The summed E-state index contributed by atoms with van der Waals surface area (Å²) < 4.78 is 1.54. The summed E-state index contributed by atoms with van der Waals surface area (Å²) in [5, 5.41) is 13.8. The minimum absolute atomic E-state index is 0.211. The molecule has 118 valence electrons. The number of rotatable bonds is 3. The van der Waals surface area contributed by atoms with Crippen LogP contribution in [0.2, 0.25) is 0 Å². The smallest absolute Gasteiger partial charge is 0.331 e. The van der Waals surface area contributed by atoms with Crippen molar-refractivity contribution in [3.63, 3.8) is 0 Å². The molecular formula is C16H21N3O3. The maximum absolute atomic E-state index is 12.6. The number of likely N-dealkylation sites (tertiary alicyclic amines) is 1. The van der Waals surface area contributed by atoms with Gasteiger partial charge in [-0.1, -0.05) is 6.42 Å². The summed E-state index contributed by atoms with van der Waals surface area (Å²) in [4.78, 5) is 26.3. The molecule has 3 fully saturated rings. The van der Waals surface area contributed by atoms with Crippen molar-refractivity contribution in [3.8, 4) is 0 Å². The van der Waals surface area contributed by atoms with E-state index < -0.39 is 11.5 Å². The molecule has 4 rings (SSSR count). The van der Waals surface area contributed by atoms with Crippen LogP contribution in [0.4, 0.5) is 0 Å². The molecule has 1 amide bonds. The predicted octanol–water partition coefficient (Wildman–Crippen LogP) is 1.48. The van der Waals surface area contributed by atoms with Crippen molar-refractivity contribution >= 4 is 11.9 Å². The second kappa shape index (κ2) is 4.57. The van der Waals surface area contributed by atoms with E-state index in [1.54, 1.807) is 23.1 Å². The first-order valence-electron chi connectivity index (χ1n) is 8.10. The summed E-state index contributed by atoms with van der Waals surface area (Å²) in [5.74, 6) is -0.396. The lowest BCUT2D eigenvalue weighted by Crippen LogP contribution is -2.53. The number of nitrogens with zero attached hydrogens (tertiary/aromatic N) is 3. The van der Waals surface area contributed by atoms with Crippen molar-refractivity contribution < 1.29 is 14.7 Å². The monoisotopic (exact) mass is 303 g/mol. The number of carbonyl (C=O) groups excluding carboxylic acids is 1. The van der Waals surface area contributed by atoms with Crippen LogP contribution in [0.5, 0.6) is 0 Å². The fraction of sp³-hybridized carbons (Fsp3) is 0.688. The highest BCUT2D eigenvalue weighted by molar-refractivity contribution is 5.84. The normalized spacial score (nSPS) is 28.2. The molecule has 0 radical (unpaired) electrons. The van der Waals surface area contributed by atoms with Crippen molar-refractivity contribution in [1.82, 2.24) is 14.7 Å². The van der Waals surface area contributed by atoms with Gasteiger partial charge < -0.3 is 10.0 Å². The zero-order valence-electron chi connectivity index (χ0n) is 12.6. The molecule has 3 aliphatic rings. The van der Waals surface area contributed by atoms with E-state index in [4.69, 9.17) is 0 Å². The minimum Gasteiger partial charge on any atom is -0.479 e. The quantitative estimate of drug-likeness (QED) is 0.917. The van der Waals surface area contributed by atoms with E-state index in [-0.39, 0.29) is 11.8 Å². The summed E-state index contributed by atoms with van der Waals surface area (Å²) in [6.45, 7) is 1.02. The van der Waals surface area contributed by atoms with Crippen LogP contribution in [0.15, 0.2) is 18.5 Å². The Kier molecular flexibility index (Phi) is 2.86. The summed E-state index contributed by atoms with van der Waals surface area (Å²) in [5.41, 5.74) is -0.668. The molecule has 1 saturated heterocycles. The van der Waals surface area contributed by atoms with Gasteiger partial charge in [-0.05, 0) is 30.7 Å². The highest BCUT2D eigenvalue weighted by Crippen LogP contribution is 2.66. The molecule has 0 bridgehead atoms. The van der Waals surface area contributed by atoms with Gasteiger partial charge in [0.15, 0.2) is 5.54 Å². The fourth-order valence-corrected chi connectivity index (χ4v) is 4.26. The van der Waals surface area contributed by atoms with Crippen LogP contribution in [0, 0.1) is 11.3 Å². The van der Waals surface area contributed by atoms with Crippen LogP contribution < -0.4 is 0 Å². The van der Waals surface area contributed by atoms with Gasteiger partial charge in [-0.3, -0.25) is 9.48 Å². The molecule has 2 saturated carbocycles. The van der Waals surface area contributed by atoms with Gasteiger partial charge in [0.25, 0.3) is 0 Å². The third kappa shape index (κ3) is 1.82. The van der Waals surface area contributed by atoms with Gasteiger partial charge >= 0.3 is 5.97 Å². The standard InChI is InChI=1S/C16H21N3O3/c20-13(12-11-15(12)3-1-4-15)18-9-5-16(6-10-18,14(21)22)19-8-2-7-17-19/h2,7-8,12H,1,3-6,9-11H2,(H,21,22)/t12-/m1/s1. The molecular weight excluding hydrogens is 282 g/mol. The highest BCUT2D eigenvalue weighted by atomic mass is 16.4. The van der Waals surface area contributed by atoms with Crippen LogP contribution in [0.1, 0.15) is 38.5 Å². The first-order valence-corrected chi connectivity index (χ1v) is 8.10. The minimum atomic E-state index is -1.00. The van der Waals surface area contributed by atoms with Gasteiger partial charge in [0.1, 0.15) is 0 Å². The average molecular weight is 303 g/mol. The first-order chi connectivity index (χ1) is 10.6. The lowest BCUT2D eigenvalue weighted by Gasteiger charge is -2.39. The lowest BCUT2D eigenvalue weighted by molar-refractivity contribution is -0.154. The van der Waals surface area contributed by atoms with E-state index in [0.717, 1.165) is 6.42 Å². The van der Waals surface area contributed by atoms with Crippen molar-refractivity contribution in [2.24, 2.45) is 11.3 Å². The van der Waals surface area contributed by atoms with E-state index >= 15 is 0 Å². The van der Waals surface area contributed by atoms with Crippen LogP contribution in [0.3, 0.4) is 0 Å². The van der Waals surface area contributed by atoms with Gasteiger partial charge in [-0.25, -0.2) is 4.79 Å². The number of carbonyl (C=O) groups is 2. The van der Waals surface area contributed by atoms with Gasteiger partial charge in [0, 0.05) is 44.2 Å². The molecule has 22 heavy (non-hydrogen) atoms. The third-order valence-electron chi connectivity index (χ3n) is 6.08. The largest absolute Gasteiger partial charge is 0.479 e. The lowest BCUT2D eigenvalue weighted by atomic mass is 9.79. The van der Waals surface area contributed by atoms with Crippen molar-refractivity contribution in [2.75, 3.05) is 13.1 Å². The molecule has 1 atom stereocenters. The molecule has 2 aliphatic carbocycles. The zero-order valence-corrected chi connectivity index (χ0v) is 12.6. The SMILES string of the molecule is O=C([C@H]1CC12CCC2)N1CCC(C(=O)O)(n2cccn2)CC1. The van der Waals surface area contributed by atoms with E-state index in [2.05, 4.69) is 5.10 Å². The van der Waals surface area contributed by atoms with Crippen molar-refractivity contribution in [1.29, 1.82) is 0 Å². The summed E-state index contributed by atoms with van der Waals surface area (Å²) in [7, 11) is 0. The Hall–Kier alpha value is -1.85. The number of hydrogen-bond donors (Lipinski definition) is 1. The molecule has 6 nitrogen and oxygen atoms in total. The van der Waals surface area contributed by atoms with Crippen molar-refractivity contribution in [3.05, 3.63) is 18.5 Å². The van der Waals surface area contributed by atoms with Gasteiger partial charge in [0.2, 0.25) is 5.91 Å². The Morgan fingerprint density at radius 2 is 1.91 bits per heavy atom. The summed E-state index contributed by atoms with van der Waals surface area (Å²) in [6, 6.07) is 1.74. The summed E-state index contributed by atoms with van der Waals surface area (Å²) in [6.07, 6.45) is 8.86. The molecule has 1 aromatic rings. The molecule has 6 heteroatoms. The van der Waals surface area contributed by atoms with Crippen LogP contribution in [-0.2, 0) is 15.1 Å². The van der Waals surface area contributed by atoms with Gasteiger partial charge in [-0.15, -0.1) is 0 Å². The Balaban J connectivity index is 1.45. The molecule has 1 aromatic heterocycles. The number of carboxylic acids is 1. The maximum Gasteiger partial charge on any atom is 0.331 e. The number of aromatic nitrogens is 2. The Morgan fingerprint density at radius 1 is 1.18 bits per heavy atom. The Labute approximate surface area is 129 Å². The van der Waals surface area contributed by atoms with Crippen LogP contribution in [-0.4, -0.2) is 44.8 Å². The molecule has 1 aliphatic heterocycles. The predicted molar refractivity (Wildman–Crippen MR) is 78.0 cm³/mol. The fourth-order valence-electron chi connectivity index (χ4n) is 4.26. The maximum atomic E-state index is 12.6. The van der Waals surface area contributed by atoms with Gasteiger partial charge in [-0.2, -0.15) is 5.10 Å². The average Bonchev–Trinajstić information content (AvgIpc) is 3.03. The number of amides is 1. The number of carboxylic acid groups (broad SMARTS) is 1. The Bertz CT molecular complexity index is 598. The molecule has 0 unspecified atom stereocenters. The molecule has 0 aromatic carbocycles. The second-order valence-corrected chi connectivity index (χ2v) is 7.09. The van der Waals surface area contributed by atoms with Crippen molar-refractivity contribution in [2.45, 2.75) is 44.1 Å². The highest BCUT2D eigenvalue weighted by Gasteiger charge is 2.62. The van der Waals surface area contributed by atoms with Gasteiger partial charge in [0.05, 0.1) is 0 Å². The molecule has 1 N–H and O–H groups in total. The van der Waals surface area contributed by atoms with Crippen LogP contribution in [0.25, 0.3) is 0 Å². The topological polar surface area (TPSA) is 75.4 Å².